The maximum absolute atomic E-state index is 6.49. The highest BCUT2D eigenvalue weighted by atomic mass is 16.3. The number of hydrogen-bond acceptors (Lipinski definition) is 1. The molecule has 0 spiro atoms. The highest BCUT2D eigenvalue weighted by molar-refractivity contribution is 6.11. The fraction of sp³-hybridized carbons (Fsp3) is 0.250. The lowest BCUT2D eigenvalue weighted by atomic mass is 9.90. The molecular formula is C28H27N2O+. The van der Waals surface area contributed by atoms with Gasteiger partial charge >= 0.3 is 0 Å². The molecule has 2 aromatic heterocycles. The molecule has 3 nitrogen and oxygen atoms in total. The molecule has 1 aliphatic rings. The van der Waals surface area contributed by atoms with Crippen molar-refractivity contribution in [2.24, 2.45) is 0 Å². The fourth-order valence-electron chi connectivity index (χ4n) is 5.14. The largest absolute Gasteiger partial charge is 0.456 e. The summed E-state index contributed by atoms with van der Waals surface area (Å²) in [6, 6.07) is 19.6. The van der Waals surface area contributed by atoms with E-state index in [1.54, 1.807) is 0 Å². The van der Waals surface area contributed by atoms with Crippen LogP contribution in [0.15, 0.2) is 71.4 Å². The second-order valence-corrected chi connectivity index (χ2v) is 9.29. The van der Waals surface area contributed by atoms with E-state index in [2.05, 4.69) is 104 Å². The quantitative estimate of drug-likeness (QED) is 0.291. The van der Waals surface area contributed by atoms with Crippen LogP contribution in [0.4, 0.5) is 0 Å². The minimum atomic E-state index is 0.389. The minimum Gasteiger partial charge on any atom is -0.456 e. The van der Waals surface area contributed by atoms with Crippen molar-refractivity contribution in [2.75, 3.05) is 0 Å². The summed E-state index contributed by atoms with van der Waals surface area (Å²) in [7, 11) is 0. The average molecular weight is 408 g/mol. The summed E-state index contributed by atoms with van der Waals surface area (Å²) >= 11 is 0. The van der Waals surface area contributed by atoms with Crippen molar-refractivity contribution in [3.05, 3.63) is 83.7 Å². The SMILES string of the molecule is CC(C)c1cc(C(C)C)c2oc3ccccc3c2c1-n1cc[n+]2c1-c1ccccc1C2. The lowest BCUT2D eigenvalue weighted by Crippen LogP contribution is -2.30. The van der Waals surface area contributed by atoms with Crippen molar-refractivity contribution in [2.45, 2.75) is 46.1 Å². The smallest absolute Gasteiger partial charge is 0.294 e. The molecule has 0 saturated heterocycles. The third-order valence-electron chi connectivity index (χ3n) is 6.66. The van der Waals surface area contributed by atoms with Gasteiger partial charge in [0, 0.05) is 16.5 Å². The fourth-order valence-corrected chi connectivity index (χ4v) is 5.14. The van der Waals surface area contributed by atoms with Gasteiger partial charge in [-0.15, -0.1) is 0 Å². The highest BCUT2D eigenvalue weighted by Crippen LogP contribution is 2.43. The molecule has 3 heteroatoms. The first-order valence-corrected chi connectivity index (χ1v) is 11.2. The van der Waals surface area contributed by atoms with Crippen LogP contribution < -0.4 is 4.57 Å². The molecule has 0 saturated carbocycles. The van der Waals surface area contributed by atoms with Gasteiger partial charge in [-0.3, -0.25) is 0 Å². The van der Waals surface area contributed by atoms with E-state index in [1.807, 2.05) is 0 Å². The standard InChI is InChI=1S/C28H27N2O/c1-17(2)22-15-23(18(3)4)27-25(21-11-7-8-12-24(21)31-27)26(22)30-14-13-29-16-19-9-5-6-10-20(19)28(29)30/h5-15,17-18H,16H2,1-4H3/q+1. The molecule has 0 bridgehead atoms. The third-order valence-corrected chi connectivity index (χ3v) is 6.66. The molecule has 0 aliphatic carbocycles. The summed E-state index contributed by atoms with van der Waals surface area (Å²) in [6.07, 6.45) is 4.44. The lowest BCUT2D eigenvalue weighted by Gasteiger charge is -2.16. The van der Waals surface area contributed by atoms with Crippen LogP contribution in [0.25, 0.3) is 39.0 Å². The zero-order valence-electron chi connectivity index (χ0n) is 18.5. The van der Waals surface area contributed by atoms with E-state index >= 15 is 0 Å². The van der Waals surface area contributed by atoms with E-state index < -0.39 is 0 Å². The number of rotatable bonds is 3. The predicted molar refractivity (Wildman–Crippen MR) is 126 cm³/mol. The number of aromatic nitrogens is 2. The monoisotopic (exact) mass is 407 g/mol. The van der Waals surface area contributed by atoms with E-state index in [1.165, 1.54) is 44.5 Å². The van der Waals surface area contributed by atoms with Crippen LogP contribution >= 0.6 is 0 Å². The molecule has 0 amide bonds. The van der Waals surface area contributed by atoms with Crippen molar-refractivity contribution in [1.82, 2.24) is 4.57 Å². The number of furan rings is 1. The van der Waals surface area contributed by atoms with Crippen molar-refractivity contribution < 1.29 is 8.98 Å². The summed E-state index contributed by atoms with van der Waals surface area (Å²) < 4.78 is 11.2. The average Bonchev–Trinajstić information content (AvgIpc) is 3.43. The molecule has 0 atom stereocenters. The van der Waals surface area contributed by atoms with Crippen LogP contribution in [0.5, 0.6) is 0 Å². The molecule has 1 aliphatic heterocycles. The molecule has 3 aromatic carbocycles. The summed E-state index contributed by atoms with van der Waals surface area (Å²) in [5, 5.41) is 2.42. The van der Waals surface area contributed by atoms with Gasteiger partial charge in [0.05, 0.1) is 10.9 Å². The second kappa shape index (κ2) is 6.58. The lowest BCUT2D eigenvalue weighted by molar-refractivity contribution is -0.671. The summed E-state index contributed by atoms with van der Waals surface area (Å²) in [6.45, 7) is 10.0. The number of fused-ring (bicyclic) bond motifs is 6. The zero-order valence-corrected chi connectivity index (χ0v) is 18.5. The Morgan fingerprint density at radius 2 is 1.65 bits per heavy atom. The van der Waals surface area contributed by atoms with Crippen LogP contribution in [-0.4, -0.2) is 4.57 Å². The van der Waals surface area contributed by atoms with E-state index in [-0.39, 0.29) is 0 Å². The molecule has 0 unspecified atom stereocenters. The summed E-state index contributed by atoms with van der Waals surface area (Å²) in [5.41, 5.74) is 8.58. The normalized spacial score (nSPS) is 13.0. The van der Waals surface area contributed by atoms with Gasteiger partial charge < -0.3 is 4.42 Å². The van der Waals surface area contributed by atoms with E-state index in [0.29, 0.717) is 11.8 Å². The molecule has 154 valence electrons. The Morgan fingerprint density at radius 3 is 2.45 bits per heavy atom. The van der Waals surface area contributed by atoms with Crippen molar-refractivity contribution in [1.29, 1.82) is 0 Å². The molecule has 3 heterocycles. The highest BCUT2D eigenvalue weighted by Gasteiger charge is 2.33. The Balaban J connectivity index is 1.79. The van der Waals surface area contributed by atoms with E-state index in [4.69, 9.17) is 4.42 Å². The van der Waals surface area contributed by atoms with Crippen LogP contribution in [0, 0.1) is 0 Å². The van der Waals surface area contributed by atoms with Crippen LogP contribution in [-0.2, 0) is 6.54 Å². The molecule has 0 fully saturated rings. The molecule has 0 N–H and O–H groups in total. The second-order valence-electron chi connectivity index (χ2n) is 9.29. The Morgan fingerprint density at radius 1 is 0.903 bits per heavy atom. The van der Waals surface area contributed by atoms with Crippen molar-refractivity contribution in [3.63, 3.8) is 0 Å². The van der Waals surface area contributed by atoms with Gasteiger partial charge in [0.1, 0.15) is 35.8 Å². The Bertz CT molecular complexity index is 1470. The molecule has 31 heavy (non-hydrogen) atoms. The first-order chi connectivity index (χ1) is 15.0. The molecule has 6 rings (SSSR count). The van der Waals surface area contributed by atoms with Crippen molar-refractivity contribution >= 4 is 21.9 Å². The molecular weight excluding hydrogens is 380 g/mol. The summed E-state index contributed by atoms with van der Waals surface area (Å²) in [5.74, 6) is 2.03. The number of nitrogens with zero attached hydrogens (tertiary/aromatic N) is 2. The van der Waals surface area contributed by atoms with Gasteiger partial charge in [-0.05, 0) is 35.6 Å². The number of benzene rings is 3. The van der Waals surface area contributed by atoms with Crippen LogP contribution in [0.1, 0.15) is 56.2 Å². The number of para-hydroxylation sites is 1. The van der Waals surface area contributed by atoms with Gasteiger partial charge in [0.25, 0.3) is 5.82 Å². The van der Waals surface area contributed by atoms with E-state index in [0.717, 1.165) is 17.7 Å². The Kier molecular flexibility index (Phi) is 3.92. The van der Waals surface area contributed by atoms with E-state index in [9.17, 15) is 0 Å². The number of imidazole rings is 1. The predicted octanol–water partition coefficient (Wildman–Crippen LogP) is 6.94. The maximum atomic E-state index is 6.49. The van der Waals surface area contributed by atoms with Crippen LogP contribution in [0.2, 0.25) is 0 Å². The third kappa shape index (κ3) is 2.56. The Hall–Kier alpha value is -3.33. The van der Waals surface area contributed by atoms with Crippen LogP contribution in [0.3, 0.4) is 0 Å². The Labute approximate surface area is 182 Å². The minimum absolute atomic E-state index is 0.389. The zero-order chi connectivity index (χ0) is 21.3. The first-order valence-electron chi connectivity index (χ1n) is 11.2. The molecule has 0 radical (unpaired) electrons. The van der Waals surface area contributed by atoms with Crippen molar-refractivity contribution in [3.8, 4) is 17.1 Å². The molecule has 5 aromatic rings. The van der Waals surface area contributed by atoms with Gasteiger partial charge in [-0.1, -0.05) is 64.1 Å². The number of hydrogen-bond donors (Lipinski definition) is 0. The van der Waals surface area contributed by atoms with Gasteiger partial charge in [-0.25, -0.2) is 4.57 Å². The maximum Gasteiger partial charge on any atom is 0.294 e. The van der Waals surface area contributed by atoms with Gasteiger partial charge in [0.2, 0.25) is 0 Å². The van der Waals surface area contributed by atoms with Gasteiger partial charge in [-0.2, -0.15) is 4.57 Å². The topological polar surface area (TPSA) is 21.9 Å². The summed E-state index contributed by atoms with van der Waals surface area (Å²) in [4.78, 5) is 0. The first kappa shape index (κ1) is 18.4. The van der Waals surface area contributed by atoms with Gasteiger partial charge in [0.15, 0.2) is 0 Å².